The Balaban J connectivity index is 2.72. The molecular weight excluding hydrogens is 233 g/mol. The van der Waals surface area contributed by atoms with Crippen molar-refractivity contribution in [3.8, 4) is 5.75 Å². The van der Waals surface area contributed by atoms with Gasteiger partial charge in [0.05, 0.1) is 0 Å². The molecule has 1 atom stereocenters. The summed E-state index contributed by atoms with van der Waals surface area (Å²) in [7, 11) is 1.62. The number of likely N-dealkylation sites (N-methyl/N-ethyl adjacent to an activating group) is 1. The lowest BCUT2D eigenvalue weighted by atomic mass is 10.3. The van der Waals surface area contributed by atoms with E-state index < -0.39 is 6.87 Å². The van der Waals surface area contributed by atoms with E-state index in [-0.39, 0.29) is 0 Å². The minimum atomic E-state index is -3.29. The maximum absolute atomic E-state index is 11.9. The smallest absolute Gasteiger partial charge is 0.411 e. The molecule has 0 fully saturated rings. The van der Waals surface area contributed by atoms with Gasteiger partial charge in [0.15, 0.2) is 0 Å². The van der Waals surface area contributed by atoms with Gasteiger partial charge in [0.25, 0.3) is 0 Å². The van der Waals surface area contributed by atoms with Gasteiger partial charge < -0.3 is 4.52 Å². The van der Waals surface area contributed by atoms with Crippen molar-refractivity contribution in [2.45, 2.75) is 0 Å². The summed E-state index contributed by atoms with van der Waals surface area (Å²) in [6, 6.07) is 8.84. The van der Waals surface area contributed by atoms with Gasteiger partial charge >= 0.3 is 6.87 Å². The van der Waals surface area contributed by atoms with Crippen LogP contribution in [-0.2, 0) is 4.57 Å². The summed E-state index contributed by atoms with van der Waals surface area (Å²) in [6.07, 6.45) is 1.61. The Morgan fingerprint density at radius 3 is 2.67 bits per heavy atom. The highest BCUT2D eigenvalue weighted by Crippen LogP contribution is 2.54. The molecule has 0 aromatic heterocycles. The van der Waals surface area contributed by atoms with Gasteiger partial charge in [0, 0.05) is 17.8 Å². The van der Waals surface area contributed by atoms with Crippen molar-refractivity contribution in [1.29, 1.82) is 0 Å². The number of benzene rings is 1. The Labute approximate surface area is 94.6 Å². The third-order valence-electron chi connectivity index (χ3n) is 1.76. The van der Waals surface area contributed by atoms with Crippen molar-refractivity contribution in [3.05, 3.63) is 43.0 Å². The Morgan fingerprint density at radius 1 is 1.53 bits per heavy atom. The van der Waals surface area contributed by atoms with Crippen LogP contribution in [0.25, 0.3) is 0 Å². The van der Waals surface area contributed by atoms with E-state index >= 15 is 0 Å². The minimum absolute atomic E-state index is 0.410. The molecule has 0 heterocycles. The molecule has 15 heavy (non-hydrogen) atoms. The summed E-state index contributed by atoms with van der Waals surface area (Å²) in [5.41, 5.74) is 0. The number of para-hydroxylation sites is 1. The predicted octanol–water partition coefficient (Wildman–Crippen LogP) is 3.53. The molecule has 5 heteroatoms. The lowest BCUT2D eigenvalue weighted by Gasteiger charge is -2.21. The van der Waals surface area contributed by atoms with Crippen molar-refractivity contribution in [2.24, 2.45) is 0 Å². The summed E-state index contributed by atoms with van der Waals surface area (Å²) >= 11 is 5.81. The van der Waals surface area contributed by atoms with Gasteiger partial charge in [0.1, 0.15) is 5.75 Å². The highest BCUT2D eigenvalue weighted by Gasteiger charge is 2.26. The molecule has 0 aliphatic heterocycles. The fourth-order valence-electron chi connectivity index (χ4n) is 0.965. The summed E-state index contributed by atoms with van der Waals surface area (Å²) < 4.78 is 18.5. The van der Waals surface area contributed by atoms with Crippen LogP contribution in [0.2, 0.25) is 0 Å². The average Bonchev–Trinajstić information content (AvgIpc) is 2.19. The second-order valence-electron chi connectivity index (χ2n) is 2.98. The fraction of sp³-hybridized carbons (Fsp3) is 0.200. The van der Waals surface area contributed by atoms with Crippen LogP contribution in [0.4, 0.5) is 0 Å². The van der Waals surface area contributed by atoms with Crippen molar-refractivity contribution < 1.29 is 9.09 Å². The quantitative estimate of drug-likeness (QED) is 0.587. The summed E-state index contributed by atoms with van der Waals surface area (Å²) in [5.74, 6) is 0.492. The van der Waals surface area contributed by atoms with Crippen molar-refractivity contribution in [2.75, 3.05) is 13.6 Å². The number of nitrogens with zero attached hydrogens (tertiary/aromatic N) is 1. The molecule has 0 aliphatic rings. The molecule has 1 rings (SSSR count). The molecule has 0 saturated carbocycles. The van der Waals surface area contributed by atoms with Crippen LogP contribution in [0, 0.1) is 0 Å². The molecule has 82 valence electrons. The van der Waals surface area contributed by atoms with Gasteiger partial charge in [-0.3, -0.25) is 0 Å². The topological polar surface area (TPSA) is 29.5 Å². The first kappa shape index (κ1) is 12.3. The zero-order valence-electron chi connectivity index (χ0n) is 8.47. The van der Waals surface area contributed by atoms with Gasteiger partial charge in [-0.1, -0.05) is 24.3 Å². The normalized spacial score (nSPS) is 14.6. The highest BCUT2D eigenvalue weighted by atomic mass is 35.7. The maximum Gasteiger partial charge on any atom is 0.411 e. The zero-order valence-corrected chi connectivity index (χ0v) is 10.1. The third kappa shape index (κ3) is 3.71. The molecule has 0 N–H and O–H groups in total. The Morgan fingerprint density at radius 2 is 2.13 bits per heavy atom. The molecule has 1 unspecified atom stereocenters. The van der Waals surface area contributed by atoms with E-state index in [0.717, 1.165) is 0 Å². The molecule has 1 aromatic rings. The van der Waals surface area contributed by atoms with Crippen LogP contribution in [0.1, 0.15) is 0 Å². The Bertz CT molecular complexity index is 369. The van der Waals surface area contributed by atoms with E-state index in [1.807, 2.05) is 6.07 Å². The summed E-state index contributed by atoms with van der Waals surface area (Å²) in [4.78, 5) is 0. The van der Waals surface area contributed by atoms with Crippen LogP contribution >= 0.6 is 18.1 Å². The van der Waals surface area contributed by atoms with E-state index in [9.17, 15) is 4.57 Å². The third-order valence-corrected chi connectivity index (χ3v) is 4.16. The van der Waals surface area contributed by atoms with Crippen LogP contribution in [-0.4, -0.2) is 18.3 Å². The number of rotatable bonds is 5. The molecule has 3 nitrogen and oxygen atoms in total. The van der Waals surface area contributed by atoms with Crippen molar-refractivity contribution >= 4 is 18.1 Å². The number of hydrogen-bond acceptors (Lipinski definition) is 2. The number of halogens is 1. The Kier molecular flexibility index (Phi) is 4.40. The highest BCUT2D eigenvalue weighted by molar-refractivity contribution is 7.83. The van der Waals surface area contributed by atoms with Gasteiger partial charge in [-0.05, 0) is 19.2 Å². The molecule has 0 amide bonds. The van der Waals surface area contributed by atoms with Crippen LogP contribution in [0.15, 0.2) is 43.0 Å². The second kappa shape index (κ2) is 5.36. The lowest BCUT2D eigenvalue weighted by molar-refractivity contribution is 0.422. The fourth-order valence-corrected chi connectivity index (χ4v) is 2.22. The van der Waals surface area contributed by atoms with Crippen molar-refractivity contribution in [3.63, 3.8) is 0 Å². The predicted molar refractivity (Wildman–Crippen MR) is 63.4 cm³/mol. The first-order valence-electron chi connectivity index (χ1n) is 4.43. The van der Waals surface area contributed by atoms with E-state index in [1.165, 1.54) is 4.67 Å². The average molecular weight is 246 g/mol. The van der Waals surface area contributed by atoms with E-state index in [2.05, 4.69) is 6.58 Å². The van der Waals surface area contributed by atoms with Crippen LogP contribution in [0.5, 0.6) is 5.75 Å². The summed E-state index contributed by atoms with van der Waals surface area (Å²) in [6.45, 7) is 0.667. The molecule has 0 saturated heterocycles. The zero-order chi connectivity index (χ0) is 11.3. The summed E-state index contributed by atoms with van der Waals surface area (Å²) in [5, 5.41) is 0. The van der Waals surface area contributed by atoms with E-state index in [1.54, 1.807) is 37.4 Å². The largest absolute Gasteiger partial charge is 0.422 e. The number of hydrogen-bond donors (Lipinski definition) is 0. The van der Waals surface area contributed by atoms with Gasteiger partial charge in [-0.25, -0.2) is 9.24 Å². The van der Waals surface area contributed by atoms with Gasteiger partial charge in [-0.2, -0.15) is 0 Å². The van der Waals surface area contributed by atoms with Crippen LogP contribution < -0.4 is 4.52 Å². The maximum atomic E-state index is 11.9. The molecule has 0 radical (unpaired) electrons. The molecular formula is C10H13ClNO2P. The molecule has 0 spiro atoms. The molecule has 1 aromatic carbocycles. The SMILES string of the molecule is C=CCN(C)P(=O)(Cl)Oc1ccccc1. The second-order valence-corrected chi connectivity index (χ2v) is 6.03. The van der Waals surface area contributed by atoms with Crippen molar-refractivity contribution in [1.82, 2.24) is 4.67 Å². The first-order chi connectivity index (χ1) is 7.06. The Hall–Kier alpha value is -0.760. The monoisotopic (exact) mass is 245 g/mol. The van der Waals surface area contributed by atoms with E-state index in [4.69, 9.17) is 15.8 Å². The van der Waals surface area contributed by atoms with Crippen LogP contribution in [0.3, 0.4) is 0 Å². The van der Waals surface area contributed by atoms with E-state index in [0.29, 0.717) is 12.3 Å². The van der Waals surface area contributed by atoms with Gasteiger partial charge in [-0.15, -0.1) is 6.58 Å². The first-order valence-corrected chi connectivity index (χ1v) is 6.91. The lowest BCUT2D eigenvalue weighted by Crippen LogP contribution is -2.14. The minimum Gasteiger partial charge on any atom is -0.422 e. The standard InChI is InChI=1S/C10H13ClNO2P/c1-3-9-12(2)15(11,13)14-10-7-5-4-6-8-10/h3-8H,1,9H2,2H3. The molecule has 0 bridgehead atoms. The van der Waals surface area contributed by atoms with Gasteiger partial charge in [0.2, 0.25) is 0 Å². The molecule has 0 aliphatic carbocycles.